The van der Waals surface area contributed by atoms with Crippen molar-refractivity contribution in [3.8, 4) is 0 Å². The first-order chi connectivity index (χ1) is 7.11. The monoisotopic (exact) mass is 212 g/mol. The first kappa shape index (κ1) is 13.8. The molecule has 0 bridgehead atoms. The molecule has 4 nitrogen and oxygen atoms in total. The van der Waals surface area contributed by atoms with Crippen molar-refractivity contribution in [2.24, 2.45) is 10.9 Å². The molecular weight excluding hydrogens is 192 g/mol. The van der Waals surface area contributed by atoms with Crippen LogP contribution in [0.4, 0.5) is 0 Å². The van der Waals surface area contributed by atoms with Crippen LogP contribution in [0, 0.1) is 5.92 Å². The molecule has 0 unspecified atom stereocenters. The summed E-state index contributed by atoms with van der Waals surface area (Å²) in [6, 6.07) is -0.570. The van der Waals surface area contributed by atoms with Gasteiger partial charge in [0.25, 0.3) is 0 Å². The van der Waals surface area contributed by atoms with Crippen molar-refractivity contribution in [2.45, 2.75) is 46.1 Å². The molecule has 1 N–H and O–H groups in total. The Morgan fingerprint density at radius 3 is 2.60 bits per heavy atom. The Balaban J connectivity index is 4.10. The number of hydrogen-bond acceptors (Lipinski definition) is 3. The molecule has 0 saturated carbocycles. The molecule has 0 rings (SSSR count). The summed E-state index contributed by atoms with van der Waals surface area (Å²) in [6.45, 7) is 6.69. The average molecular weight is 212 g/mol. The van der Waals surface area contributed by atoms with E-state index in [0.29, 0.717) is 18.9 Å². The second kappa shape index (κ2) is 8.18. The first-order valence-corrected chi connectivity index (χ1v) is 5.46. The van der Waals surface area contributed by atoms with Crippen molar-refractivity contribution in [1.29, 1.82) is 0 Å². The van der Waals surface area contributed by atoms with Gasteiger partial charge in [-0.3, -0.25) is 4.79 Å². The van der Waals surface area contributed by atoms with Crippen LogP contribution in [-0.2, 0) is 9.59 Å². The van der Waals surface area contributed by atoms with Gasteiger partial charge in [-0.15, -0.1) is 0 Å². The van der Waals surface area contributed by atoms with Gasteiger partial charge in [-0.25, -0.2) is 4.79 Å². The molecule has 0 fully saturated rings. The molecule has 0 aliphatic heterocycles. The van der Waals surface area contributed by atoms with Crippen LogP contribution in [0.15, 0.2) is 4.99 Å². The number of nitrogens with one attached hydrogen (secondary N) is 1. The maximum absolute atomic E-state index is 11.6. The van der Waals surface area contributed by atoms with Crippen molar-refractivity contribution in [3.05, 3.63) is 0 Å². The standard InChI is InChI=1S/C11H20N2O2/c1-4-5-6-12-11(15)10(13-8-14)7-9(2)3/h9-10H,4-7H2,1-3H3,(H,12,15)/t10-/m0/s1. The smallest absolute Gasteiger partial charge is 0.245 e. The minimum atomic E-state index is -0.570. The third-order valence-corrected chi connectivity index (χ3v) is 2.04. The minimum absolute atomic E-state index is 0.166. The van der Waals surface area contributed by atoms with Crippen molar-refractivity contribution < 1.29 is 9.59 Å². The molecule has 0 aromatic heterocycles. The van der Waals surface area contributed by atoms with Crippen LogP contribution in [0.25, 0.3) is 0 Å². The third-order valence-electron chi connectivity index (χ3n) is 2.04. The van der Waals surface area contributed by atoms with Gasteiger partial charge in [-0.2, -0.15) is 4.99 Å². The van der Waals surface area contributed by atoms with Crippen molar-refractivity contribution in [2.75, 3.05) is 6.54 Å². The Morgan fingerprint density at radius 1 is 1.47 bits per heavy atom. The van der Waals surface area contributed by atoms with E-state index in [1.54, 1.807) is 0 Å². The Kier molecular flexibility index (Phi) is 7.56. The van der Waals surface area contributed by atoms with E-state index in [0.717, 1.165) is 12.8 Å². The number of carbonyl (C=O) groups is 1. The van der Waals surface area contributed by atoms with Crippen molar-refractivity contribution in [1.82, 2.24) is 5.32 Å². The van der Waals surface area contributed by atoms with E-state index in [4.69, 9.17) is 0 Å². The van der Waals surface area contributed by atoms with Gasteiger partial charge in [0.05, 0.1) is 0 Å². The lowest BCUT2D eigenvalue weighted by Crippen LogP contribution is -2.34. The van der Waals surface area contributed by atoms with Gasteiger partial charge in [-0.05, 0) is 18.8 Å². The molecule has 4 heteroatoms. The molecule has 15 heavy (non-hydrogen) atoms. The van der Waals surface area contributed by atoms with Gasteiger partial charge in [-0.1, -0.05) is 27.2 Å². The van der Waals surface area contributed by atoms with E-state index in [9.17, 15) is 9.59 Å². The number of aliphatic imine (C=N–C) groups is 1. The zero-order valence-corrected chi connectivity index (χ0v) is 9.75. The molecule has 0 aromatic rings. The maximum Gasteiger partial charge on any atom is 0.245 e. The van der Waals surface area contributed by atoms with Gasteiger partial charge in [0.2, 0.25) is 12.0 Å². The minimum Gasteiger partial charge on any atom is -0.354 e. The number of nitrogens with zero attached hydrogens (tertiary/aromatic N) is 1. The lowest BCUT2D eigenvalue weighted by atomic mass is 10.0. The average Bonchev–Trinajstić information content (AvgIpc) is 2.17. The summed E-state index contributed by atoms with van der Waals surface area (Å²) in [5.74, 6) is 0.171. The molecule has 0 aliphatic rings. The van der Waals surface area contributed by atoms with Gasteiger partial charge >= 0.3 is 0 Å². The molecule has 0 heterocycles. The van der Waals surface area contributed by atoms with Gasteiger partial charge in [0, 0.05) is 6.54 Å². The van der Waals surface area contributed by atoms with E-state index in [1.807, 2.05) is 13.8 Å². The highest BCUT2D eigenvalue weighted by Gasteiger charge is 2.18. The number of hydrogen-bond donors (Lipinski definition) is 1. The number of rotatable bonds is 7. The van der Waals surface area contributed by atoms with E-state index < -0.39 is 6.04 Å². The lowest BCUT2D eigenvalue weighted by molar-refractivity contribution is -0.122. The Hall–Kier alpha value is -1.15. The van der Waals surface area contributed by atoms with Crippen molar-refractivity contribution >= 4 is 12.0 Å². The summed E-state index contributed by atoms with van der Waals surface area (Å²) in [4.78, 5) is 25.2. The number of unbranched alkanes of at least 4 members (excludes halogenated alkanes) is 1. The molecule has 1 amide bonds. The Bertz CT molecular complexity index is 233. The second-order valence-electron chi connectivity index (χ2n) is 4.01. The number of amides is 1. The predicted octanol–water partition coefficient (Wildman–Crippen LogP) is 1.65. The highest BCUT2D eigenvalue weighted by Crippen LogP contribution is 2.07. The highest BCUT2D eigenvalue weighted by atomic mass is 16.2. The summed E-state index contributed by atoms with van der Waals surface area (Å²) < 4.78 is 0. The quantitative estimate of drug-likeness (QED) is 0.396. The Morgan fingerprint density at radius 2 is 2.13 bits per heavy atom. The fraction of sp³-hybridized carbons (Fsp3) is 0.818. The lowest BCUT2D eigenvalue weighted by Gasteiger charge is -2.12. The molecule has 0 spiro atoms. The highest BCUT2D eigenvalue weighted by molar-refractivity contribution is 5.82. The summed E-state index contributed by atoms with van der Waals surface area (Å²) in [5, 5.41) is 2.76. The fourth-order valence-electron chi connectivity index (χ4n) is 1.23. The topological polar surface area (TPSA) is 58.5 Å². The summed E-state index contributed by atoms with van der Waals surface area (Å²) in [7, 11) is 0. The van der Waals surface area contributed by atoms with Gasteiger partial charge in [0.15, 0.2) is 0 Å². The van der Waals surface area contributed by atoms with Crippen LogP contribution in [0.1, 0.15) is 40.0 Å². The van der Waals surface area contributed by atoms with Gasteiger partial charge in [0.1, 0.15) is 6.04 Å². The molecule has 0 saturated heterocycles. The van der Waals surface area contributed by atoms with E-state index in [-0.39, 0.29) is 5.91 Å². The van der Waals surface area contributed by atoms with Crippen LogP contribution in [0.2, 0.25) is 0 Å². The summed E-state index contributed by atoms with van der Waals surface area (Å²) >= 11 is 0. The SMILES string of the molecule is CCCCNC(=O)[C@H](CC(C)C)N=C=O. The van der Waals surface area contributed by atoms with Crippen LogP contribution < -0.4 is 5.32 Å². The Labute approximate surface area is 91.2 Å². The second-order valence-corrected chi connectivity index (χ2v) is 4.01. The zero-order chi connectivity index (χ0) is 11.7. The van der Waals surface area contributed by atoms with Crippen LogP contribution >= 0.6 is 0 Å². The van der Waals surface area contributed by atoms with E-state index in [1.165, 1.54) is 6.08 Å². The largest absolute Gasteiger partial charge is 0.354 e. The first-order valence-electron chi connectivity index (χ1n) is 5.46. The predicted molar refractivity (Wildman–Crippen MR) is 59.3 cm³/mol. The normalized spacial score (nSPS) is 12.0. The maximum atomic E-state index is 11.6. The van der Waals surface area contributed by atoms with E-state index >= 15 is 0 Å². The molecule has 0 radical (unpaired) electrons. The number of carbonyl (C=O) groups excluding carboxylic acids is 2. The molecule has 1 atom stereocenters. The molecule has 86 valence electrons. The van der Waals surface area contributed by atoms with Crippen LogP contribution in [0.5, 0.6) is 0 Å². The summed E-state index contributed by atoms with van der Waals surface area (Å²) in [5.41, 5.74) is 0. The zero-order valence-electron chi connectivity index (χ0n) is 9.75. The number of isocyanates is 1. The summed E-state index contributed by atoms with van der Waals surface area (Å²) in [6.07, 6.45) is 4.03. The molecule has 0 aliphatic carbocycles. The third kappa shape index (κ3) is 6.86. The van der Waals surface area contributed by atoms with Crippen molar-refractivity contribution in [3.63, 3.8) is 0 Å². The van der Waals surface area contributed by atoms with Crippen LogP contribution in [0.3, 0.4) is 0 Å². The van der Waals surface area contributed by atoms with E-state index in [2.05, 4.69) is 17.2 Å². The van der Waals surface area contributed by atoms with Crippen LogP contribution in [-0.4, -0.2) is 24.6 Å². The fourth-order valence-corrected chi connectivity index (χ4v) is 1.23. The van der Waals surface area contributed by atoms with Gasteiger partial charge < -0.3 is 5.32 Å². The molecule has 0 aromatic carbocycles. The molecular formula is C11H20N2O2.